The van der Waals surface area contributed by atoms with Crippen LogP contribution in [0.4, 0.5) is 0 Å². The molecule has 0 radical (unpaired) electrons. The number of sulfonamides is 1. The second-order valence-corrected chi connectivity index (χ2v) is 13.2. The molecule has 0 bridgehead atoms. The highest BCUT2D eigenvalue weighted by atomic mass is 32.2. The summed E-state index contributed by atoms with van der Waals surface area (Å²) in [5.74, 6) is -0.239. The number of hydrogen-bond acceptors (Lipinski definition) is 4. The van der Waals surface area contributed by atoms with Gasteiger partial charge in [-0.3, -0.25) is 0 Å². The number of hydrogen-bond donors (Lipinski definition) is 0. The first-order valence-electron chi connectivity index (χ1n) is 12.4. The molecular formula is C30H26N2O4S2. The third-order valence-electron chi connectivity index (χ3n) is 7.11. The minimum atomic E-state index is -4.00. The molecule has 5 aromatic rings. The zero-order valence-electron chi connectivity index (χ0n) is 20.5. The van der Waals surface area contributed by atoms with Crippen molar-refractivity contribution in [1.29, 1.82) is 0 Å². The predicted molar refractivity (Wildman–Crippen MR) is 148 cm³/mol. The fourth-order valence-electron chi connectivity index (χ4n) is 5.42. The Hall–Kier alpha value is -3.72. The smallest absolute Gasteiger partial charge is 0.236 e. The molecule has 8 heteroatoms. The van der Waals surface area contributed by atoms with Gasteiger partial charge >= 0.3 is 0 Å². The number of nitrogens with zero attached hydrogens (tertiary/aromatic N) is 2. The van der Waals surface area contributed by atoms with Gasteiger partial charge in [0.1, 0.15) is 0 Å². The van der Waals surface area contributed by atoms with Crippen molar-refractivity contribution in [3.63, 3.8) is 0 Å². The van der Waals surface area contributed by atoms with Crippen LogP contribution in [-0.2, 0) is 33.0 Å². The lowest BCUT2D eigenvalue weighted by molar-refractivity contribution is 0.349. The van der Waals surface area contributed by atoms with Gasteiger partial charge in [-0.2, -0.15) is 4.31 Å². The highest BCUT2D eigenvalue weighted by Gasteiger charge is 2.39. The van der Waals surface area contributed by atoms with Gasteiger partial charge in [0.15, 0.2) is 0 Å². The molecule has 0 N–H and O–H groups in total. The molecule has 0 aliphatic carbocycles. The van der Waals surface area contributed by atoms with Crippen molar-refractivity contribution in [1.82, 2.24) is 8.28 Å². The first-order valence-corrected chi connectivity index (χ1v) is 15.3. The summed E-state index contributed by atoms with van der Waals surface area (Å²) < 4.78 is 58.5. The molecule has 0 amide bonds. The van der Waals surface area contributed by atoms with E-state index in [-0.39, 0.29) is 28.8 Å². The Labute approximate surface area is 222 Å². The van der Waals surface area contributed by atoms with Gasteiger partial charge in [0, 0.05) is 17.8 Å². The van der Waals surface area contributed by atoms with Crippen LogP contribution in [0.5, 0.6) is 0 Å². The highest BCUT2D eigenvalue weighted by Crippen LogP contribution is 2.41. The van der Waals surface area contributed by atoms with E-state index >= 15 is 0 Å². The average molecular weight is 543 g/mol. The fourth-order valence-corrected chi connectivity index (χ4v) is 8.47. The third-order valence-corrected chi connectivity index (χ3v) is 10.7. The van der Waals surface area contributed by atoms with Gasteiger partial charge in [0.2, 0.25) is 10.0 Å². The Kier molecular flexibility index (Phi) is 6.18. The van der Waals surface area contributed by atoms with Crippen LogP contribution in [0.2, 0.25) is 0 Å². The summed E-state index contributed by atoms with van der Waals surface area (Å²) >= 11 is 0. The molecule has 2 heterocycles. The molecule has 6 nitrogen and oxygen atoms in total. The number of rotatable bonds is 6. The van der Waals surface area contributed by atoms with Crippen LogP contribution in [0, 0.1) is 0 Å². The molecule has 1 aliphatic heterocycles. The minimum absolute atomic E-state index is 0.0431. The van der Waals surface area contributed by atoms with E-state index in [1.165, 1.54) is 8.28 Å². The Morgan fingerprint density at radius 3 is 1.79 bits per heavy atom. The van der Waals surface area contributed by atoms with E-state index < -0.39 is 20.0 Å². The van der Waals surface area contributed by atoms with E-state index in [0.717, 1.165) is 16.5 Å². The summed E-state index contributed by atoms with van der Waals surface area (Å²) in [5.41, 5.74) is 2.99. The van der Waals surface area contributed by atoms with Gasteiger partial charge in [-0.05, 0) is 47.9 Å². The van der Waals surface area contributed by atoms with Crippen LogP contribution in [-0.4, -0.2) is 31.7 Å². The second kappa shape index (κ2) is 9.54. The summed E-state index contributed by atoms with van der Waals surface area (Å²) in [6, 6.07) is 33.9. The summed E-state index contributed by atoms with van der Waals surface area (Å²) in [6.45, 7) is 0.205. The monoisotopic (exact) mass is 542 g/mol. The molecular weight excluding hydrogens is 516 g/mol. The highest BCUT2D eigenvalue weighted by molar-refractivity contribution is 7.90. The maximum absolute atomic E-state index is 14.1. The second-order valence-electron chi connectivity index (χ2n) is 9.46. The van der Waals surface area contributed by atoms with Crippen molar-refractivity contribution < 1.29 is 16.8 Å². The van der Waals surface area contributed by atoms with E-state index in [2.05, 4.69) is 0 Å². The van der Waals surface area contributed by atoms with Gasteiger partial charge in [-0.15, -0.1) is 0 Å². The summed E-state index contributed by atoms with van der Waals surface area (Å²) in [4.78, 5) is 0.349. The molecule has 0 saturated heterocycles. The van der Waals surface area contributed by atoms with Crippen LogP contribution in [0.25, 0.3) is 10.9 Å². The van der Waals surface area contributed by atoms with Crippen molar-refractivity contribution in [3.8, 4) is 0 Å². The number of aromatic nitrogens is 1. The van der Waals surface area contributed by atoms with Crippen LogP contribution >= 0.6 is 0 Å². The Balaban J connectivity index is 1.59. The molecule has 1 atom stereocenters. The lowest BCUT2D eigenvalue weighted by Crippen LogP contribution is -2.40. The van der Waals surface area contributed by atoms with Crippen molar-refractivity contribution in [3.05, 3.63) is 132 Å². The van der Waals surface area contributed by atoms with E-state index in [1.54, 1.807) is 66.7 Å². The first kappa shape index (κ1) is 24.6. The molecule has 0 unspecified atom stereocenters. The normalized spacial score (nSPS) is 16.4. The van der Waals surface area contributed by atoms with Crippen LogP contribution in [0.3, 0.4) is 0 Å². The minimum Gasteiger partial charge on any atom is -0.236 e. The largest absolute Gasteiger partial charge is 0.268 e. The topological polar surface area (TPSA) is 76.5 Å². The predicted octanol–water partition coefficient (Wildman–Crippen LogP) is 5.41. The Bertz CT molecular complexity index is 1820. The van der Waals surface area contributed by atoms with Gasteiger partial charge in [-0.25, -0.2) is 20.8 Å². The Morgan fingerprint density at radius 2 is 1.16 bits per heavy atom. The van der Waals surface area contributed by atoms with Crippen molar-refractivity contribution in [2.24, 2.45) is 0 Å². The maximum Gasteiger partial charge on any atom is 0.268 e. The van der Waals surface area contributed by atoms with Gasteiger partial charge in [0.05, 0.1) is 27.5 Å². The van der Waals surface area contributed by atoms with Crippen molar-refractivity contribution in [2.75, 3.05) is 6.54 Å². The summed E-state index contributed by atoms with van der Waals surface area (Å²) in [5, 5.41) is 0.833. The molecule has 4 aromatic carbocycles. The molecule has 1 aliphatic rings. The van der Waals surface area contributed by atoms with Gasteiger partial charge in [0.25, 0.3) is 10.0 Å². The van der Waals surface area contributed by atoms with E-state index in [0.29, 0.717) is 17.6 Å². The van der Waals surface area contributed by atoms with Crippen molar-refractivity contribution in [2.45, 2.75) is 28.7 Å². The molecule has 6 rings (SSSR count). The standard InChI is InChI=1S/C30H26N2O4S2/c33-37(34,25-14-6-2-7-15-25)31-21-24(20-23-12-4-1-5-13-23)30-27-18-10-11-19-28(27)32(29(30)22-31)38(35,36)26-16-8-3-9-17-26/h1-19,24H,20-22H2/t24-/m0/s1. The Morgan fingerprint density at radius 1 is 0.632 bits per heavy atom. The molecule has 1 aromatic heterocycles. The van der Waals surface area contributed by atoms with Gasteiger partial charge < -0.3 is 0 Å². The number of fused-ring (bicyclic) bond motifs is 3. The average Bonchev–Trinajstić information content (AvgIpc) is 3.30. The summed E-state index contributed by atoms with van der Waals surface area (Å²) in [6.07, 6.45) is 0.577. The molecule has 0 fully saturated rings. The van der Waals surface area contributed by atoms with Gasteiger partial charge in [-0.1, -0.05) is 84.9 Å². The van der Waals surface area contributed by atoms with Crippen LogP contribution in [0.15, 0.2) is 125 Å². The molecule has 0 spiro atoms. The number of para-hydroxylation sites is 1. The van der Waals surface area contributed by atoms with Crippen molar-refractivity contribution >= 4 is 30.9 Å². The van der Waals surface area contributed by atoms with Crippen LogP contribution < -0.4 is 0 Å². The molecule has 38 heavy (non-hydrogen) atoms. The zero-order valence-corrected chi connectivity index (χ0v) is 22.1. The SMILES string of the molecule is O=S(=O)(c1ccccc1)N1Cc2c(c3ccccc3n2S(=O)(=O)c2ccccc2)[C@@H](Cc2ccccc2)C1. The van der Waals surface area contributed by atoms with E-state index in [9.17, 15) is 16.8 Å². The van der Waals surface area contributed by atoms with Crippen LogP contribution in [0.1, 0.15) is 22.7 Å². The fraction of sp³-hybridized carbons (Fsp3) is 0.133. The lowest BCUT2D eigenvalue weighted by Gasteiger charge is -2.33. The summed E-state index contributed by atoms with van der Waals surface area (Å²) in [7, 11) is -7.87. The lowest BCUT2D eigenvalue weighted by atomic mass is 9.87. The van der Waals surface area contributed by atoms with E-state index in [4.69, 9.17) is 0 Å². The maximum atomic E-state index is 14.1. The third kappa shape index (κ3) is 4.15. The molecule has 0 saturated carbocycles. The van der Waals surface area contributed by atoms with E-state index in [1.807, 2.05) is 48.5 Å². The zero-order chi connectivity index (χ0) is 26.3. The number of benzene rings is 4. The first-order chi connectivity index (χ1) is 18.4. The quantitative estimate of drug-likeness (QED) is 0.288. The molecule has 192 valence electrons.